The number of furan rings is 1. The second-order valence-electron chi connectivity index (χ2n) is 7.19. The van der Waals surface area contributed by atoms with Crippen molar-refractivity contribution in [2.75, 3.05) is 22.7 Å². The molecule has 2 amide bonds. The Kier molecular flexibility index (Phi) is 6.31. The molecule has 1 aliphatic heterocycles. The van der Waals surface area contributed by atoms with Crippen molar-refractivity contribution in [3.8, 4) is 0 Å². The third-order valence-electron chi connectivity index (χ3n) is 5.05. The zero-order valence-corrected chi connectivity index (χ0v) is 18.5. The summed E-state index contributed by atoms with van der Waals surface area (Å²) in [5.74, 6) is -1.85. The standard InChI is InChI=1S/C21H21N3O6S2/c25-18(15-7-9-30-13-15)12-22-20(26)21(27)23-16-6-5-14-3-1-8-24(17(14)11-16)32(28,29)19-4-2-10-31-19/h2,4-7,9-11,13,18,25H,1,3,8,12H2,(H,22,26)(H,23,27). The summed E-state index contributed by atoms with van der Waals surface area (Å²) in [5, 5.41) is 16.5. The molecule has 4 rings (SSSR count). The zero-order valence-electron chi connectivity index (χ0n) is 16.9. The van der Waals surface area contributed by atoms with Crippen LogP contribution in [0.4, 0.5) is 11.4 Å². The highest BCUT2D eigenvalue weighted by molar-refractivity contribution is 7.94. The summed E-state index contributed by atoms with van der Waals surface area (Å²) in [6, 6.07) is 9.74. The number of thiophene rings is 1. The fraction of sp³-hybridized carbons (Fsp3) is 0.238. The molecule has 32 heavy (non-hydrogen) atoms. The molecule has 0 aliphatic carbocycles. The van der Waals surface area contributed by atoms with E-state index < -0.39 is 27.9 Å². The first-order chi connectivity index (χ1) is 15.4. The Bertz CT molecular complexity index is 1210. The number of aryl methyl sites for hydroxylation is 1. The molecule has 1 atom stereocenters. The zero-order chi connectivity index (χ0) is 22.7. The summed E-state index contributed by atoms with van der Waals surface area (Å²) in [6.07, 6.45) is 3.13. The molecule has 0 bridgehead atoms. The summed E-state index contributed by atoms with van der Waals surface area (Å²) in [7, 11) is -3.71. The monoisotopic (exact) mass is 475 g/mol. The summed E-state index contributed by atoms with van der Waals surface area (Å²) in [4.78, 5) is 24.4. The lowest BCUT2D eigenvalue weighted by molar-refractivity contribution is -0.136. The van der Waals surface area contributed by atoms with Gasteiger partial charge in [-0.2, -0.15) is 0 Å². The molecule has 2 aromatic heterocycles. The first-order valence-electron chi connectivity index (χ1n) is 9.85. The minimum atomic E-state index is -3.71. The molecule has 0 saturated carbocycles. The highest BCUT2D eigenvalue weighted by Crippen LogP contribution is 2.35. The maximum atomic E-state index is 13.1. The molecular formula is C21H21N3O6S2. The first kappa shape index (κ1) is 22.1. The lowest BCUT2D eigenvalue weighted by Gasteiger charge is -2.30. The van der Waals surface area contributed by atoms with Crippen LogP contribution in [0.1, 0.15) is 23.7 Å². The van der Waals surface area contributed by atoms with Gasteiger partial charge in [0.1, 0.15) is 4.21 Å². The van der Waals surface area contributed by atoms with Crippen molar-refractivity contribution in [2.45, 2.75) is 23.2 Å². The average molecular weight is 476 g/mol. The van der Waals surface area contributed by atoms with Crippen molar-refractivity contribution in [2.24, 2.45) is 0 Å². The number of carbonyl (C=O) groups excluding carboxylic acids is 2. The molecule has 1 aromatic carbocycles. The fourth-order valence-corrected chi connectivity index (χ4v) is 6.06. The Balaban J connectivity index is 1.46. The van der Waals surface area contributed by atoms with Gasteiger partial charge in [0.2, 0.25) is 0 Å². The van der Waals surface area contributed by atoms with Crippen molar-refractivity contribution in [1.29, 1.82) is 0 Å². The van der Waals surface area contributed by atoms with Crippen molar-refractivity contribution in [3.05, 3.63) is 65.4 Å². The van der Waals surface area contributed by atoms with Gasteiger partial charge in [0.25, 0.3) is 10.0 Å². The van der Waals surface area contributed by atoms with Gasteiger partial charge in [0.05, 0.1) is 24.3 Å². The van der Waals surface area contributed by atoms with E-state index in [4.69, 9.17) is 4.42 Å². The third kappa shape index (κ3) is 4.54. The number of amides is 2. The average Bonchev–Trinajstić information content (AvgIpc) is 3.51. The number of nitrogens with zero attached hydrogens (tertiary/aromatic N) is 1. The SMILES string of the molecule is O=C(NCC(O)c1ccoc1)C(=O)Nc1ccc2c(c1)N(S(=O)(=O)c1cccs1)CCC2. The number of anilines is 2. The van der Waals surface area contributed by atoms with Crippen LogP contribution in [0.2, 0.25) is 0 Å². The number of fused-ring (bicyclic) bond motifs is 1. The van der Waals surface area contributed by atoms with Crippen LogP contribution in [-0.2, 0) is 26.0 Å². The van der Waals surface area contributed by atoms with Gasteiger partial charge in [-0.15, -0.1) is 11.3 Å². The molecular weight excluding hydrogens is 454 g/mol. The first-order valence-corrected chi connectivity index (χ1v) is 12.2. The molecule has 0 fully saturated rings. The number of aliphatic hydroxyl groups is 1. The normalized spacial score (nSPS) is 14.5. The number of sulfonamides is 1. The van der Waals surface area contributed by atoms with Crippen LogP contribution in [0.15, 0.2) is 62.9 Å². The minimum absolute atomic E-state index is 0.164. The van der Waals surface area contributed by atoms with E-state index in [1.54, 1.807) is 41.8 Å². The van der Waals surface area contributed by atoms with Crippen molar-refractivity contribution in [3.63, 3.8) is 0 Å². The van der Waals surface area contributed by atoms with Gasteiger partial charge in [-0.1, -0.05) is 12.1 Å². The highest BCUT2D eigenvalue weighted by Gasteiger charge is 2.30. The number of hydrogen-bond donors (Lipinski definition) is 3. The molecule has 1 unspecified atom stereocenters. The van der Waals surface area contributed by atoms with Crippen molar-refractivity contribution < 1.29 is 27.5 Å². The summed E-state index contributed by atoms with van der Waals surface area (Å²) >= 11 is 1.15. The van der Waals surface area contributed by atoms with E-state index in [-0.39, 0.29) is 10.8 Å². The topological polar surface area (TPSA) is 129 Å². The van der Waals surface area contributed by atoms with Gasteiger partial charge in [0, 0.05) is 24.3 Å². The third-order valence-corrected chi connectivity index (χ3v) is 8.24. The van der Waals surface area contributed by atoms with Gasteiger partial charge in [-0.25, -0.2) is 8.42 Å². The van der Waals surface area contributed by atoms with Crippen LogP contribution in [-0.4, -0.2) is 38.4 Å². The predicted molar refractivity (Wildman–Crippen MR) is 119 cm³/mol. The highest BCUT2D eigenvalue weighted by atomic mass is 32.2. The molecule has 0 radical (unpaired) electrons. The number of benzene rings is 1. The molecule has 0 spiro atoms. The van der Waals surface area contributed by atoms with E-state index in [9.17, 15) is 23.1 Å². The van der Waals surface area contributed by atoms with E-state index in [1.165, 1.54) is 16.8 Å². The molecule has 3 N–H and O–H groups in total. The van der Waals surface area contributed by atoms with Gasteiger partial charge in [0.15, 0.2) is 0 Å². The van der Waals surface area contributed by atoms with Crippen LogP contribution < -0.4 is 14.9 Å². The number of aliphatic hydroxyl groups excluding tert-OH is 1. The molecule has 1 aliphatic rings. The Labute approximate surface area is 188 Å². The Morgan fingerprint density at radius 3 is 2.78 bits per heavy atom. The lowest BCUT2D eigenvalue weighted by Crippen LogP contribution is -2.38. The minimum Gasteiger partial charge on any atom is -0.472 e. The molecule has 11 heteroatoms. The maximum absolute atomic E-state index is 13.1. The second-order valence-corrected chi connectivity index (χ2v) is 10.2. The van der Waals surface area contributed by atoms with E-state index in [2.05, 4.69) is 10.6 Å². The maximum Gasteiger partial charge on any atom is 0.313 e. The Hall–Kier alpha value is -3.15. The van der Waals surface area contributed by atoms with Gasteiger partial charge < -0.3 is 20.2 Å². The largest absolute Gasteiger partial charge is 0.472 e. The summed E-state index contributed by atoms with van der Waals surface area (Å²) in [6.45, 7) is 0.166. The quantitative estimate of drug-likeness (QED) is 0.469. The number of nitrogens with one attached hydrogen (secondary N) is 2. The van der Waals surface area contributed by atoms with Crippen LogP contribution in [0.25, 0.3) is 0 Å². The molecule has 3 aromatic rings. The van der Waals surface area contributed by atoms with Crippen molar-refractivity contribution in [1.82, 2.24) is 5.32 Å². The predicted octanol–water partition coefficient (Wildman–Crippen LogP) is 2.27. The van der Waals surface area contributed by atoms with Crippen LogP contribution in [0.5, 0.6) is 0 Å². The van der Waals surface area contributed by atoms with Gasteiger partial charge in [-0.3, -0.25) is 13.9 Å². The Morgan fingerprint density at radius 1 is 1.22 bits per heavy atom. The van der Waals surface area contributed by atoms with E-state index in [0.29, 0.717) is 36.3 Å². The second kappa shape index (κ2) is 9.15. The van der Waals surface area contributed by atoms with E-state index in [0.717, 1.165) is 16.9 Å². The van der Waals surface area contributed by atoms with Gasteiger partial charge >= 0.3 is 11.8 Å². The molecule has 3 heterocycles. The Morgan fingerprint density at radius 2 is 2.06 bits per heavy atom. The fourth-order valence-electron chi connectivity index (χ4n) is 3.43. The van der Waals surface area contributed by atoms with Crippen molar-refractivity contribution >= 4 is 44.5 Å². The van der Waals surface area contributed by atoms with Crippen LogP contribution >= 0.6 is 11.3 Å². The van der Waals surface area contributed by atoms with Gasteiger partial charge in [-0.05, 0) is 48.1 Å². The smallest absolute Gasteiger partial charge is 0.313 e. The van der Waals surface area contributed by atoms with Crippen LogP contribution in [0, 0.1) is 0 Å². The van der Waals surface area contributed by atoms with Crippen LogP contribution in [0.3, 0.4) is 0 Å². The summed E-state index contributed by atoms with van der Waals surface area (Å²) in [5.41, 5.74) is 2.11. The lowest BCUT2D eigenvalue weighted by atomic mass is 10.0. The number of rotatable bonds is 6. The molecule has 0 saturated heterocycles. The molecule has 9 nitrogen and oxygen atoms in total. The number of carbonyl (C=O) groups is 2. The summed E-state index contributed by atoms with van der Waals surface area (Å²) < 4.78 is 32.6. The van der Waals surface area contributed by atoms with E-state index >= 15 is 0 Å². The van der Waals surface area contributed by atoms with E-state index in [1.807, 2.05) is 0 Å². The number of hydrogen-bond acceptors (Lipinski definition) is 7. The molecule has 168 valence electrons.